The van der Waals surface area contributed by atoms with E-state index in [1.54, 1.807) is 6.20 Å². The number of aromatic nitrogens is 2. The van der Waals surface area contributed by atoms with Crippen molar-refractivity contribution in [1.29, 1.82) is 0 Å². The number of nitrogens with zero attached hydrogens (tertiary/aromatic N) is 2. The van der Waals surface area contributed by atoms with Gasteiger partial charge >= 0.3 is 0 Å². The molecule has 0 radical (unpaired) electrons. The molecule has 5 heteroatoms. The Balaban J connectivity index is 0.000000720. The molecule has 0 spiro atoms. The van der Waals surface area contributed by atoms with E-state index in [9.17, 15) is 0 Å². The van der Waals surface area contributed by atoms with Crippen LogP contribution in [0.4, 0.5) is 5.82 Å². The second kappa shape index (κ2) is 3.33. The lowest BCUT2D eigenvalue weighted by Gasteiger charge is -1.92. The van der Waals surface area contributed by atoms with E-state index in [-0.39, 0.29) is 12.4 Å². The van der Waals surface area contributed by atoms with Crippen LogP contribution in [-0.4, -0.2) is 9.38 Å². The van der Waals surface area contributed by atoms with E-state index in [1.165, 1.54) is 0 Å². The summed E-state index contributed by atoms with van der Waals surface area (Å²) in [5.74, 6) is 0.539. The first-order chi connectivity index (χ1) is 5.27. The Labute approximate surface area is 84.1 Å². The molecule has 0 unspecified atom stereocenters. The van der Waals surface area contributed by atoms with Gasteiger partial charge in [-0.25, -0.2) is 4.98 Å². The van der Waals surface area contributed by atoms with Crippen LogP contribution in [0.15, 0.2) is 29.0 Å². The van der Waals surface area contributed by atoms with E-state index < -0.39 is 0 Å². The van der Waals surface area contributed by atoms with Crippen LogP contribution in [0.3, 0.4) is 0 Å². The molecule has 12 heavy (non-hydrogen) atoms. The molecule has 0 aliphatic rings. The van der Waals surface area contributed by atoms with E-state index in [0.29, 0.717) is 5.82 Å². The number of anilines is 1. The average molecular weight is 249 g/mol. The number of nitrogens with two attached hydrogens (primary N) is 1. The van der Waals surface area contributed by atoms with Gasteiger partial charge in [0.15, 0.2) is 5.65 Å². The summed E-state index contributed by atoms with van der Waals surface area (Å²) >= 11 is 3.37. The number of rotatable bonds is 0. The van der Waals surface area contributed by atoms with Crippen LogP contribution in [0.25, 0.3) is 5.65 Å². The standard InChI is InChI=1S/C7H6BrN3.ClH/c8-5-2-1-3-11-4-6(9)10-7(5)11;/h1-4H,9H2;1H. The number of nitrogen functional groups attached to an aromatic ring is 1. The van der Waals surface area contributed by atoms with Crippen molar-refractivity contribution in [2.75, 3.05) is 5.73 Å². The fraction of sp³-hybridized carbons (Fsp3) is 0. The van der Waals surface area contributed by atoms with Crippen molar-refractivity contribution < 1.29 is 0 Å². The van der Waals surface area contributed by atoms with Gasteiger partial charge in [-0.05, 0) is 28.1 Å². The first-order valence-electron chi connectivity index (χ1n) is 3.16. The van der Waals surface area contributed by atoms with E-state index in [1.807, 2.05) is 22.7 Å². The summed E-state index contributed by atoms with van der Waals surface area (Å²) in [5, 5.41) is 0. The van der Waals surface area contributed by atoms with Crippen molar-refractivity contribution in [3.05, 3.63) is 29.0 Å². The van der Waals surface area contributed by atoms with Crippen LogP contribution in [0, 0.1) is 0 Å². The smallest absolute Gasteiger partial charge is 0.153 e. The summed E-state index contributed by atoms with van der Waals surface area (Å²) in [6, 6.07) is 3.86. The molecule has 0 saturated carbocycles. The van der Waals surface area contributed by atoms with E-state index in [0.717, 1.165) is 10.1 Å². The third kappa shape index (κ3) is 1.40. The zero-order valence-electron chi connectivity index (χ0n) is 6.07. The van der Waals surface area contributed by atoms with Crippen molar-refractivity contribution in [2.24, 2.45) is 0 Å². The summed E-state index contributed by atoms with van der Waals surface area (Å²) in [7, 11) is 0. The van der Waals surface area contributed by atoms with Crippen molar-refractivity contribution in [2.45, 2.75) is 0 Å². The van der Waals surface area contributed by atoms with E-state index in [2.05, 4.69) is 20.9 Å². The van der Waals surface area contributed by atoms with Crippen molar-refractivity contribution in [3.8, 4) is 0 Å². The molecule has 2 rings (SSSR count). The lowest BCUT2D eigenvalue weighted by molar-refractivity contribution is 1.18. The minimum Gasteiger partial charge on any atom is -0.382 e. The summed E-state index contributed by atoms with van der Waals surface area (Å²) in [6.07, 6.45) is 3.68. The Hall–Kier alpha value is -0.740. The Morgan fingerprint density at radius 3 is 2.92 bits per heavy atom. The van der Waals surface area contributed by atoms with E-state index in [4.69, 9.17) is 5.73 Å². The molecule has 0 aliphatic carbocycles. The first-order valence-corrected chi connectivity index (χ1v) is 3.95. The number of halogens is 2. The topological polar surface area (TPSA) is 43.3 Å². The van der Waals surface area contributed by atoms with Crippen LogP contribution in [-0.2, 0) is 0 Å². The first kappa shape index (κ1) is 9.35. The highest BCUT2D eigenvalue weighted by molar-refractivity contribution is 9.10. The molecular weight excluding hydrogens is 241 g/mol. The summed E-state index contributed by atoms with van der Waals surface area (Å²) < 4.78 is 2.83. The van der Waals surface area contributed by atoms with E-state index >= 15 is 0 Å². The summed E-state index contributed by atoms with van der Waals surface area (Å²) in [6.45, 7) is 0. The predicted octanol–water partition coefficient (Wildman–Crippen LogP) is 2.10. The van der Waals surface area contributed by atoms with Crippen LogP contribution >= 0.6 is 28.3 Å². The SMILES string of the molecule is Cl.Nc1cn2cccc(Br)c2n1. The quantitative estimate of drug-likeness (QED) is 0.776. The van der Waals surface area contributed by atoms with Gasteiger partial charge in [0.1, 0.15) is 5.82 Å². The largest absolute Gasteiger partial charge is 0.382 e. The van der Waals surface area contributed by atoms with Gasteiger partial charge in [-0.15, -0.1) is 12.4 Å². The van der Waals surface area contributed by atoms with Gasteiger partial charge in [-0.2, -0.15) is 0 Å². The Morgan fingerprint density at radius 2 is 2.25 bits per heavy atom. The highest BCUT2D eigenvalue weighted by Crippen LogP contribution is 2.17. The summed E-state index contributed by atoms with van der Waals surface area (Å²) in [5.41, 5.74) is 6.36. The van der Waals surface area contributed by atoms with Crippen LogP contribution < -0.4 is 5.73 Å². The number of pyridine rings is 1. The fourth-order valence-corrected chi connectivity index (χ4v) is 1.44. The molecule has 2 heterocycles. The minimum atomic E-state index is 0. The molecule has 2 N–H and O–H groups in total. The number of fused-ring (bicyclic) bond motifs is 1. The Bertz CT molecular complexity index is 398. The zero-order valence-corrected chi connectivity index (χ0v) is 8.47. The van der Waals surface area contributed by atoms with Gasteiger partial charge in [0.25, 0.3) is 0 Å². The maximum atomic E-state index is 5.51. The van der Waals surface area contributed by atoms with Crippen molar-refractivity contribution in [3.63, 3.8) is 0 Å². The van der Waals surface area contributed by atoms with Gasteiger partial charge in [-0.3, -0.25) is 0 Å². The third-order valence-corrected chi connectivity index (χ3v) is 2.07. The minimum absolute atomic E-state index is 0. The predicted molar refractivity (Wildman–Crippen MR) is 54.6 cm³/mol. The molecule has 3 nitrogen and oxygen atoms in total. The lowest BCUT2D eigenvalue weighted by atomic mass is 10.5. The second-order valence-electron chi connectivity index (χ2n) is 2.25. The molecule has 2 aromatic heterocycles. The molecule has 0 atom stereocenters. The molecule has 0 amide bonds. The fourth-order valence-electron chi connectivity index (χ4n) is 0.998. The van der Waals surface area contributed by atoms with Gasteiger partial charge in [0.2, 0.25) is 0 Å². The molecule has 0 fully saturated rings. The zero-order chi connectivity index (χ0) is 7.84. The van der Waals surface area contributed by atoms with Gasteiger partial charge in [0, 0.05) is 6.20 Å². The normalized spacial score (nSPS) is 9.75. The third-order valence-electron chi connectivity index (χ3n) is 1.45. The number of hydrogen-bond donors (Lipinski definition) is 1. The molecule has 2 aromatic rings. The number of imidazole rings is 1. The van der Waals surface area contributed by atoms with Gasteiger partial charge in [0.05, 0.1) is 10.7 Å². The van der Waals surface area contributed by atoms with Crippen molar-refractivity contribution >= 4 is 39.8 Å². The molecule has 0 aromatic carbocycles. The molecule has 0 saturated heterocycles. The van der Waals surface area contributed by atoms with Gasteiger partial charge < -0.3 is 10.1 Å². The highest BCUT2D eigenvalue weighted by atomic mass is 79.9. The average Bonchev–Trinajstić information content (AvgIpc) is 2.31. The van der Waals surface area contributed by atoms with Crippen LogP contribution in [0.2, 0.25) is 0 Å². The Morgan fingerprint density at radius 1 is 1.50 bits per heavy atom. The summed E-state index contributed by atoms with van der Waals surface area (Å²) in [4.78, 5) is 4.11. The Kier molecular flexibility index (Phi) is 2.59. The maximum absolute atomic E-state index is 5.51. The molecule has 0 bridgehead atoms. The molecular formula is C7H7BrClN3. The second-order valence-corrected chi connectivity index (χ2v) is 3.11. The lowest BCUT2D eigenvalue weighted by Crippen LogP contribution is -1.81. The van der Waals surface area contributed by atoms with Crippen LogP contribution in [0.5, 0.6) is 0 Å². The maximum Gasteiger partial charge on any atom is 0.153 e. The van der Waals surface area contributed by atoms with Crippen LogP contribution in [0.1, 0.15) is 0 Å². The highest BCUT2D eigenvalue weighted by Gasteiger charge is 1.99. The monoisotopic (exact) mass is 247 g/mol. The number of hydrogen-bond acceptors (Lipinski definition) is 2. The van der Waals surface area contributed by atoms with Gasteiger partial charge in [-0.1, -0.05) is 0 Å². The molecule has 0 aliphatic heterocycles. The van der Waals surface area contributed by atoms with Crippen molar-refractivity contribution in [1.82, 2.24) is 9.38 Å². The molecule has 64 valence electrons.